The van der Waals surface area contributed by atoms with Crippen LogP contribution in [0.3, 0.4) is 0 Å². The Morgan fingerprint density at radius 1 is 1.07 bits per heavy atom. The number of H-pyrrole nitrogens is 1. The molecule has 3 aromatic rings. The molecule has 0 radical (unpaired) electrons. The molecule has 0 aliphatic heterocycles. The van der Waals surface area contributed by atoms with E-state index in [4.69, 9.17) is 14.6 Å². The number of nitrogens with two attached hydrogens (primary N) is 1. The number of carbonyl (C=O) groups excluding carboxylic acids is 1. The van der Waals surface area contributed by atoms with Crippen LogP contribution in [0.5, 0.6) is 11.5 Å². The van der Waals surface area contributed by atoms with Crippen molar-refractivity contribution in [2.45, 2.75) is 11.4 Å². The first-order valence-electron chi connectivity index (χ1n) is 7.96. The number of rotatable bonds is 6. The summed E-state index contributed by atoms with van der Waals surface area (Å²) >= 11 is 0. The predicted molar refractivity (Wildman–Crippen MR) is 100 cm³/mol. The molecule has 1 amide bonds. The van der Waals surface area contributed by atoms with Crippen LogP contribution in [-0.2, 0) is 16.6 Å². The molecule has 1 heterocycles. The second kappa shape index (κ2) is 7.29. The SMILES string of the molecule is COc1cc2cc(C(=O)NCc3ccc(S(N)(=O)=O)cc3)[nH]c2cc1OC. The third-order valence-corrected chi connectivity index (χ3v) is 5.00. The van der Waals surface area contributed by atoms with Crippen LogP contribution >= 0.6 is 0 Å². The lowest BCUT2D eigenvalue weighted by molar-refractivity contribution is 0.0946. The number of ether oxygens (including phenoxy) is 2. The van der Waals surface area contributed by atoms with Gasteiger partial charge in [-0.05, 0) is 29.8 Å². The molecule has 0 spiro atoms. The van der Waals surface area contributed by atoms with Gasteiger partial charge in [-0.3, -0.25) is 4.79 Å². The quantitative estimate of drug-likeness (QED) is 0.593. The van der Waals surface area contributed by atoms with Gasteiger partial charge in [-0.1, -0.05) is 12.1 Å². The number of hydrogen-bond donors (Lipinski definition) is 3. The minimum Gasteiger partial charge on any atom is -0.493 e. The zero-order valence-electron chi connectivity index (χ0n) is 14.8. The Kier molecular flexibility index (Phi) is 5.06. The molecule has 8 nitrogen and oxygen atoms in total. The van der Waals surface area contributed by atoms with E-state index in [9.17, 15) is 13.2 Å². The van der Waals surface area contributed by atoms with Crippen LogP contribution in [0.2, 0.25) is 0 Å². The van der Waals surface area contributed by atoms with Crippen molar-refractivity contribution in [3.05, 3.63) is 53.7 Å². The summed E-state index contributed by atoms with van der Waals surface area (Å²) < 4.78 is 33.0. The normalized spacial score (nSPS) is 11.4. The van der Waals surface area contributed by atoms with Crippen LogP contribution in [0.15, 0.2) is 47.4 Å². The first-order valence-corrected chi connectivity index (χ1v) is 9.51. The first-order chi connectivity index (χ1) is 12.8. The molecular formula is C18H19N3O5S. The fraction of sp³-hybridized carbons (Fsp3) is 0.167. The van der Waals surface area contributed by atoms with Gasteiger partial charge in [-0.15, -0.1) is 0 Å². The van der Waals surface area contributed by atoms with E-state index in [0.29, 0.717) is 17.2 Å². The van der Waals surface area contributed by atoms with Crippen LogP contribution < -0.4 is 19.9 Å². The standard InChI is InChI=1S/C18H19N3O5S/c1-25-16-8-12-7-15(21-14(12)9-17(16)26-2)18(22)20-10-11-3-5-13(6-4-11)27(19,23)24/h3-9,21H,10H2,1-2H3,(H,20,22)(H2,19,23,24). The van der Waals surface area contributed by atoms with E-state index < -0.39 is 10.0 Å². The van der Waals surface area contributed by atoms with E-state index in [1.807, 2.05) is 0 Å². The van der Waals surface area contributed by atoms with Gasteiger partial charge >= 0.3 is 0 Å². The van der Waals surface area contributed by atoms with Crippen molar-refractivity contribution in [2.24, 2.45) is 5.14 Å². The van der Waals surface area contributed by atoms with Crippen molar-refractivity contribution in [1.82, 2.24) is 10.3 Å². The average molecular weight is 389 g/mol. The summed E-state index contributed by atoms with van der Waals surface area (Å²) in [6.45, 7) is 0.242. The fourth-order valence-electron chi connectivity index (χ4n) is 2.66. The molecule has 0 aliphatic rings. The van der Waals surface area contributed by atoms with Crippen molar-refractivity contribution in [3.63, 3.8) is 0 Å². The number of sulfonamides is 1. The number of benzene rings is 2. The highest BCUT2D eigenvalue weighted by molar-refractivity contribution is 7.89. The Morgan fingerprint density at radius 2 is 1.70 bits per heavy atom. The van der Waals surface area contributed by atoms with E-state index in [-0.39, 0.29) is 17.3 Å². The summed E-state index contributed by atoms with van der Waals surface area (Å²) in [5.41, 5.74) is 1.88. The molecule has 0 aliphatic carbocycles. The van der Waals surface area contributed by atoms with Crippen LogP contribution in [-0.4, -0.2) is 33.5 Å². The minimum atomic E-state index is -3.73. The van der Waals surface area contributed by atoms with E-state index in [1.54, 1.807) is 44.6 Å². The molecule has 142 valence electrons. The average Bonchev–Trinajstić information content (AvgIpc) is 3.07. The third-order valence-electron chi connectivity index (χ3n) is 4.07. The summed E-state index contributed by atoms with van der Waals surface area (Å²) in [4.78, 5) is 15.5. The highest BCUT2D eigenvalue weighted by Crippen LogP contribution is 2.32. The summed E-state index contributed by atoms with van der Waals surface area (Å²) in [7, 11) is -0.643. The molecule has 4 N–H and O–H groups in total. The maximum absolute atomic E-state index is 12.4. The maximum atomic E-state index is 12.4. The molecule has 3 rings (SSSR count). The topological polar surface area (TPSA) is 124 Å². The lowest BCUT2D eigenvalue weighted by Gasteiger charge is -2.06. The van der Waals surface area contributed by atoms with E-state index in [0.717, 1.165) is 16.5 Å². The van der Waals surface area contributed by atoms with Crippen molar-refractivity contribution in [3.8, 4) is 11.5 Å². The first kappa shape index (κ1) is 18.7. The second-order valence-electron chi connectivity index (χ2n) is 5.85. The molecule has 0 fully saturated rings. The Bertz CT molecular complexity index is 1050. The largest absolute Gasteiger partial charge is 0.493 e. The van der Waals surface area contributed by atoms with Gasteiger partial charge in [0.05, 0.1) is 19.1 Å². The van der Waals surface area contributed by atoms with Crippen LogP contribution in [0.1, 0.15) is 16.1 Å². The number of amides is 1. The Labute approximate surface area is 156 Å². The van der Waals surface area contributed by atoms with Crippen LogP contribution in [0.25, 0.3) is 10.9 Å². The lowest BCUT2D eigenvalue weighted by Crippen LogP contribution is -2.23. The van der Waals surface area contributed by atoms with Crippen molar-refractivity contribution < 1.29 is 22.7 Å². The summed E-state index contributed by atoms with van der Waals surface area (Å²) in [5, 5.41) is 8.66. The van der Waals surface area contributed by atoms with Gasteiger partial charge in [0, 0.05) is 23.5 Å². The summed E-state index contributed by atoms with van der Waals surface area (Å²) in [5.74, 6) is 0.847. The molecule has 0 atom stereocenters. The molecule has 0 unspecified atom stereocenters. The Balaban J connectivity index is 1.74. The van der Waals surface area contributed by atoms with Crippen LogP contribution in [0.4, 0.5) is 0 Å². The molecule has 27 heavy (non-hydrogen) atoms. The summed E-state index contributed by atoms with van der Waals surface area (Å²) in [6, 6.07) is 11.3. The van der Waals surface area contributed by atoms with E-state index >= 15 is 0 Å². The van der Waals surface area contributed by atoms with Gasteiger partial charge in [0.15, 0.2) is 11.5 Å². The molecule has 9 heteroatoms. The lowest BCUT2D eigenvalue weighted by atomic mass is 10.2. The van der Waals surface area contributed by atoms with E-state index in [2.05, 4.69) is 10.3 Å². The highest BCUT2D eigenvalue weighted by Gasteiger charge is 2.13. The number of aromatic nitrogens is 1. The van der Waals surface area contributed by atoms with E-state index in [1.165, 1.54) is 12.1 Å². The number of hydrogen-bond acceptors (Lipinski definition) is 5. The van der Waals surface area contributed by atoms with Crippen molar-refractivity contribution in [1.29, 1.82) is 0 Å². The number of aromatic amines is 1. The fourth-order valence-corrected chi connectivity index (χ4v) is 3.17. The molecule has 1 aromatic heterocycles. The van der Waals surface area contributed by atoms with Crippen molar-refractivity contribution >= 4 is 26.8 Å². The Morgan fingerprint density at radius 3 is 2.30 bits per heavy atom. The van der Waals surface area contributed by atoms with Gasteiger partial charge in [-0.25, -0.2) is 13.6 Å². The number of nitrogens with one attached hydrogen (secondary N) is 2. The van der Waals surface area contributed by atoms with Gasteiger partial charge in [0.2, 0.25) is 10.0 Å². The summed E-state index contributed by atoms with van der Waals surface area (Å²) in [6.07, 6.45) is 0. The van der Waals surface area contributed by atoms with Crippen LogP contribution in [0, 0.1) is 0 Å². The van der Waals surface area contributed by atoms with Gasteiger partial charge in [0.1, 0.15) is 5.69 Å². The third kappa shape index (κ3) is 4.04. The van der Waals surface area contributed by atoms with Gasteiger partial charge in [-0.2, -0.15) is 0 Å². The molecular weight excluding hydrogens is 370 g/mol. The monoisotopic (exact) mass is 389 g/mol. The molecule has 2 aromatic carbocycles. The zero-order valence-corrected chi connectivity index (χ0v) is 15.6. The highest BCUT2D eigenvalue weighted by atomic mass is 32.2. The predicted octanol–water partition coefficient (Wildman–Crippen LogP) is 1.76. The maximum Gasteiger partial charge on any atom is 0.267 e. The number of primary sulfonamides is 1. The smallest absolute Gasteiger partial charge is 0.267 e. The number of fused-ring (bicyclic) bond motifs is 1. The second-order valence-corrected chi connectivity index (χ2v) is 7.41. The zero-order chi connectivity index (χ0) is 19.6. The molecule has 0 saturated heterocycles. The van der Waals surface area contributed by atoms with Gasteiger partial charge in [0.25, 0.3) is 5.91 Å². The number of methoxy groups -OCH3 is 2. The van der Waals surface area contributed by atoms with Crippen molar-refractivity contribution in [2.75, 3.05) is 14.2 Å². The Hall–Kier alpha value is -3.04. The molecule has 0 saturated carbocycles. The number of carbonyl (C=O) groups is 1. The minimum absolute atomic E-state index is 0.0242. The van der Waals surface area contributed by atoms with Gasteiger partial charge < -0.3 is 19.8 Å². The molecule has 0 bridgehead atoms.